The number of hydrogen-bond donors (Lipinski definition) is 2. The number of anilines is 1. The fourth-order valence-corrected chi connectivity index (χ4v) is 3.81. The van der Waals surface area contributed by atoms with Crippen LogP contribution in [0.3, 0.4) is 0 Å². The molecule has 0 bridgehead atoms. The van der Waals surface area contributed by atoms with Crippen molar-refractivity contribution in [3.63, 3.8) is 0 Å². The van der Waals surface area contributed by atoms with E-state index in [1.54, 1.807) is 24.4 Å². The second kappa shape index (κ2) is 8.75. The summed E-state index contributed by atoms with van der Waals surface area (Å²) >= 11 is 0. The molecule has 0 radical (unpaired) electrons. The van der Waals surface area contributed by atoms with Gasteiger partial charge < -0.3 is 10.4 Å². The Balaban J connectivity index is 1.68. The fraction of sp³-hybridized carbons (Fsp3) is 0.526. The predicted molar refractivity (Wildman–Crippen MR) is 98.9 cm³/mol. The van der Waals surface area contributed by atoms with Crippen LogP contribution in [0.4, 0.5) is 5.82 Å². The van der Waals surface area contributed by atoms with Crippen LogP contribution in [0.5, 0.6) is 0 Å². The average molecular weight is 372 g/mol. The molecule has 2 N–H and O–H groups in total. The highest BCUT2D eigenvalue weighted by atomic mass is 16.4. The molecule has 0 saturated heterocycles. The van der Waals surface area contributed by atoms with Crippen molar-refractivity contribution >= 4 is 29.8 Å². The van der Waals surface area contributed by atoms with Crippen LogP contribution in [-0.4, -0.2) is 45.1 Å². The summed E-state index contributed by atoms with van der Waals surface area (Å²) in [6.07, 6.45) is 7.97. The summed E-state index contributed by atoms with van der Waals surface area (Å²) in [7, 11) is 0. The third-order valence-corrected chi connectivity index (χ3v) is 5.14. The van der Waals surface area contributed by atoms with Crippen LogP contribution in [0.15, 0.2) is 29.5 Å². The Morgan fingerprint density at radius 3 is 2.70 bits per heavy atom. The molecule has 0 aromatic carbocycles. The van der Waals surface area contributed by atoms with E-state index in [-0.39, 0.29) is 18.2 Å². The highest BCUT2D eigenvalue weighted by Crippen LogP contribution is 2.33. The van der Waals surface area contributed by atoms with Gasteiger partial charge in [-0.2, -0.15) is 5.10 Å². The van der Waals surface area contributed by atoms with Gasteiger partial charge in [0.25, 0.3) is 5.91 Å². The van der Waals surface area contributed by atoms with Crippen molar-refractivity contribution in [1.82, 2.24) is 9.99 Å². The molecule has 1 aromatic rings. The van der Waals surface area contributed by atoms with Gasteiger partial charge in [0.2, 0.25) is 5.91 Å². The summed E-state index contributed by atoms with van der Waals surface area (Å²) in [5.41, 5.74) is 0. The molecular formula is C19H24N4O4. The zero-order valence-electron chi connectivity index (χ0n) is 15.1. The zero-order valence-corrected chi connectivity index (χ0v) is 15.1. The second-order valence-corrected chi connectivity index (χ2v) is 7.12. The maximum absolute atomic E-state index is 13.0. The summed E-state index contributed by atoms with van der Waals surface area (Å²) in [6.45, 7) is 0. The first-order valence-corrected chi connectivity index (χ1v) is 9.34. The number of carboxylic acids is 1. The van der Waals surface area contributed by atoms with Crippen LogP contribution < -0.4 is 5.32 Å². The third-order valence-electron chi connectivity index (χ3n) is 5.14. The molecule has 1 aliphatic heterocycles. The Morgan fingerprint density at radius 2 is 2.04 bits per heavy atom. The van der Waals surface area contributed by atoms with E-state index >= 15 is 0 Å². The van der Waals surface area contributed by atoms with Gasteiger partial charge in [0, 0.05) is 18.8 Å². The first kappa shape index (κ1) is 19.0. The SMILES string of the molecule is O=C(O)C[C@@H](CC1CCCC1)C(=O)N1N=CC[C@H]1C(=O)Nc1ccccn1. The lowest BCUT2D eigenvalue weighted by Gasteiger charge is -2.26. The highest BCUT2D eigenvalue weighted by molar-refractivity contribution is 5.99. The van der Waals surface area contributed by atoms with Crippen LogP contribution in [-0.2, 0) is 14.4 Å². The minimum atomic E-state index is -1.01. The standard InChI is InChI=1S/C19H24N4O4/c24-17(25)12-14(11-13-5-1-2-6-13)19(27)23-15(8-10-21-23)18(26)22-16-7-3-4-9-20-16/h3-4,7,9-10,13-15H,1-2,5-6,8,11-12H2,(H,24,25)(H,20,22,26)/t14-,15+/m1/s1. The lowest BCUT2D eigenvalue weighted by Crippen LogP contribution is -2.44. The zero-order chi connectivity index (χ0) is 19.2. The van der Waals surface area contributed by atoms with Gasteiger partial charge in [0.1, 0.15) is 11.9 Å². The molecule has 144 valence electrons. The minimum absolute atomic E-state index is 0.240. The Kier molecular flexibility index (Phi) is 6.16. The average Bonchev–Trinajstić information content (AvgIpc) is 3.33. The third kappa shape index (κ3) is 4.90. The monoisotopic (exact) mass is 372 g/mol. The fourth-order valence-electron chi connectivity index (χ4n) is 3.81. The molecular weight excluding hydrogens is 348 g/mol. The number of nitrogens with zero attached hydrogens (tertiary/aromatic N) is 3. The first-order valence-electron chi connectivity index (χ1n) is 9.34. The summed E-state index contributed by atoms with van der Waals surface area (Å²) in [4.78, 5) is 40.9. The van der Waals surface area contributed by atoms with Gasteiger partial charge >= 0.3 is 5.97 Å². The summed E-state index contributed by atoms with van der Waals surface area (Å²) < 4.78 is 0. The maximum Gasteiger partial charge on any atom is 0.304 e. The van der Waals surface area contributed by atoms with Gasteiger partial charge in [-0.25, -0.2) is 9.99 Å². The van der Waals surface area contributed by atoms with E-state index in [9.17, 15) is 19.5 Å². The molecule has 1 saturated carbocycles. The number of rotatable bonds is 7. The molecule has 0 unspecified atom stereocenters. The van der Waals surface area contributed by atoms with E-state index in [1.165, 1.54) is 6.21 Å². The molecule has 1 aliphatic carbocycles. The van der Waals surface area contributed by atoms with E-state index in [0.717, 1.165) is 30.7 Å². The molecule has 2 aliphatic rings. The van der Waals surface area contributed by atoms with Crippen molar-refractivity contribution < 1.29 is 19.5 Å². The van der Waals surface area contributed by atoms with E-state index in [4.69, 9.17) is 0 Å². The Bertz CT molecular complexity index is 716. The van der Waals surface area contributed by atoms with Gasteiger partial charge in [-0.15, -0.1) is 0 Å². The van der Waals surface area contributed by atoms with Crippen molar-refractivity contribution in [2.75, 3.05) is 5.32 Å². The number of pyridine rings is 1. The molecule has 2 amide bonds. The smallest absolute Gasteiger partial charge is 0.304 e. The highest BCUT2D eigenvalue weighted by Gasteiger charge is 2.38. The number of carbonyl (C=O) groups excluding carboxylic acids is 2. The number of carbonyl (C=O) groups is 3. The van der Waals surface area contributed by atoms with Crippen molar-refractivity contribution in [3.05, 3.63) is 24.4 Å². The van der Waals surface area contributed by atoms with Gasteiger partial charge in [-0.1, -0.05) is 31.7 Å². The number of aromatic nitrogens is 1. The topological polar surface area (TPSA) is 112 Å². The minimum Gasteiger partial charge on any atom is -0.481 e. The largest absolute Gasteiger partial charge is 0.481 e. The van der Waals surface area contributed by atoms with Crippen molar-refractivity contribution in [3.8, 4) is 0 Å². The number of nitrogens with one attached hydrogen (secondary N) is 1. The molecule has 1 aromatic heterocycles. The van der Waals surface area contributed by atoms with Gasteiger partial charge in [0.05, 0.1) is 12.3 Å². The molecule has 0 spiro atoms. The quantitative estimate of drug-likeness (QED) is 0.762. The molecule has 27 heavy (non-hydrogen) atoms. The van der Waals surface area contributed by atoms with Gasteiger partial charge in [-0.3, -0.25) is 14.4 Å². The van der Waals surface area contributed by atoms with Crippen LogP contribution in [0.2, 0.25) is 0 Å². The second-order valence-electron chi connectivity index (χ2n) is 7.12. The molecule has 1 fully saturated rings. The first-order chi connectivity index (χ1) is 13.0. The number of carboxylic acid groups (broad SMARTS) is 1. The van der Waals surface area contributed by atoms with E-state index < -0.39 is 17.9 Å². The van der Waals surface area contributed by atoms with Crippen molar-refractivity contribution in [2.24, 2.45) is 16.9 Å². The van der Waals surface area contributed by atoms with Crippen LogP contribution >= 0.6 is 0 Å². The predicted octanol–water partition coefficient (Wildman–Crippen LogP) is 2.28. The van der Waals surface area contributed by atoms with E-state index in [1.807, 2.05) is 0 Å². The number of aliphatic carboxylic acids is 1. The molecule has 8 nitrogen and oxygen atoms in total. The Morgan fingerprint density at radius 1 is 1.26 bits per heavy atom. The van der Waals surface area contributed by atoms with E-state index in [0.29, 0.717) is 24.6 Å². The molecule has 2 atom stereocenters. The van der Waals surface area contributed by atoms with Gasteiger partial charge in [0.15, 0.2) is 0 Å². The van der Waals surface area contributed by atoms with Crippen LogP contribution in [0.25, 0.3) is 0 Å². The Hall–Kier alpha value is -2.77. The normalized spacial score (nSPS) is 20.6. The number of amides is 2. The van der Waals surface area contributed by atoms with Gasteiger partial charge in [-0.05, 0) is 24.5 Å². The maximum atomic E-state index is 13.0. The number of hydrazone groups is 1. The van der Waals surface area contributed by atoms with E-state index in [2.05, 4.69) is 15.4 Å². The van der Waals surface area contributed by atoms with Crippen molar-refractivity contribution in [2.45, 2.75) is 51.0 Å². The summed E-state index contributed by atoms with van der Waals surface area (Å²) in [5, 5.41) is 17.1. The lowest BCUT2D eigenvalue weighted by molar-refractivity contribution is -0.147. The number of hydrogen-bond acceptors (Lipinski definition) is 5. The summed E-state index contributed by atoms with van der Waals surface area (Å²) in [5.74, 6) is -1.68. The lowest BCUT2D eigenvalue weighted by atomic mass is 9.90. The Labute approximate surface area is 157 Å². The summed E-state index contributed by atoms with van der Waals surface area (Å²) in [6, 6.07) is 4.37. The molecule has 3 rings (SSSR count). The van der Waals surface area contributed by atoms with Crippen molar-refractivity contribution in [1.29, 1.82) is 0 Å². The molecule has 2 heterocycles. The molecule has 8 heteroatoms. The van der Waals surface area contributed by atoms with Crippen LogP contribution in [0.1, 0.15) is 44.9 Å². The van der Waals surface area contributed by atoms with Crippen LogP contribution in [0, 0.1) is 11.8 Å².